The predicted octanol–water partition coefficient (Wildman–Crippen LogP) is 1.33. The smallest absolute Gasteiger partial charge is 0.267 e. The Bertz CT molecular complexity index is 518. The standard InChI is InChI=1S/C13H15ClN2O3/c1-13(12(18)15-6-7-17)8-11(16-19-13)9-4-2-3-5-10(9)14/h2-5,17H,6-8H2,1H3,(H,15,18)/t13-/m0/s1. The van der Waals surface area contributed by atoms with Gasteiger partial charge in [0, 0.05) is 23.6 Å². The zero-order chi connectivity index (χ0) is 13.9. The highest BCUT2D eigenvalue weighted by atomic mass is 35.5. The number of oxime groups is 1. The lowest BCUT2D eigenvalue weighted by atomic mass is 9.95. The molecule has 1 aromatic carbocycles. The number of nitrogens with one attached hydrogen (secondary N) is 1. The summed E-state index contributed by atoms with van der Waals surface area (Å²) in [5, 5.41) is 15.8. The molecule has 1 aliphatic rings. The van der Waals surface area contributed by atoms with E-state index in [0.717, 1.165) is 5.56 Å². The van der Waals surface area contributed by atoms with Gasteiger partial charge in [0.25, 0.3) is 5.91 Å². The van der Waals surface area contributed by atoms with Gasteiger partial charge >= 0.3 is 0 Å². The van der Waals surface area contributed by atoms with Crippen molar-refractivity contribution in [2.45, 2.75) is 18.9 Å². The highest BCUT2D eigenvalue weighted by molar-refractivity contribution is 6.34. The molecule has 0 aliphatic carbocycles. The summed E-state index contributed by atoms with van der Waals surface area (Å²) in [5.74, 6) is -0.299. The van der Waals surface area contributed by atoms with E-state index in [2.05, 4.69) is 10.5 Å². The Morgan fingerprint density at radius 1 is 1.58 bits per heavy atom. The molecule has 2 rings (SSSR count). The SMILES string of the molecule is C[C@@]1(C(=O)NCCO)CC(c2ccccc2Cl)=NO1. The third kappa shape index (κ3) is 2.88. The Balaban J connectivity index is 2.10. The fourth-order valence-electron chi connectivity index (χ4n) is 1.86. The number of hydrogen-bond acceptors (Lipinski definition) is 4. The maximum absolute atomic E-state index is 11.9. The first-order chi connectivity index (χ1) is 9.07. The van der Waals surface area contributed by atoms with Crippen molar-refractivity contribution in [3.63, 3.8) is 0 Å². The molecule has 0 aromatic heterocycles. The van der Waals surface area contributed by atoms with Crippen molar-refractivity contribution in [1.29, 1.82) is 0 Å². The fraction of sp³-hybridized carbons (Fsp3) is 0.385. The van der Waals surface area contributed by atoms with Crippen molar-refractivity contribution in [2.24, 2.45) is 5.16 Å². The van der Waals surface area contributed by atoms with E-state index < -0.39 is 5.60 Å². The van der Waals surface area contributed by atoms with Crippen LogP contribution in [0.3, 0.4) is 0 Å². The van der Waals surface area contributed by atoms with Crippen LogP contribution in [-0.2, 0) is 9.63 Å². The van der Waals surface area contributed by atoms with Gasteiger partial charge in [-0.05, 0) is 13.0 Å². The van der Waals surface area contributed by atoms with Crippen LogP contribution in [0.2, 0.25) is 5.02 Å². The summed E-state index contributed by atoms with van der Waals surface area (Å²) >= 11 is 6.09. The van der Waals surface area contributed by atoms with Gasteiger partial charge in [-0.3, -0.25) is 4.79 Å². The highest BCUT2D eigenvalue weighted by Gasteiger charge is 2.42. The average Bonchev–Trinajstić information content (AvgIpc) is 2.80. The molecule has 102 valence electrons. The number of carbonyl (C=O) groups is 1. The number of amides is 1. The number of carbonyl (C=O) groups excluding carboxylic acids is 1. The third-order valence-corrected chi connectivity index (χ3v) is 3.25. The monoisotopic (exact) mass is 282 g/mol. The van der Waals surface area contributed by atoms with Gasteiger partial charge in [-0.2, -0.15) is 0 Å². The summed E-state index contributed by atoms with van der Waals surface area (Å²) in [5.41, 5.74) is 0.360. The lowest BCUT2D eigenvalue weighted by Crippen LogP contribution is -2.45. The number of aliphatic hydroxyl groups excluding tert-OH is 1. The fourth-order valence-corrected chi connectivity index (χ4v) is 2.10. The molecule has 0 radical (unpaired) electrons. The normalized spacial score (nSPS) is 21.7. The largest absolute Gasteiger partial charge is 0.395 e. The van der Waals surface area contributed by atoms with Gasteiger partial charge in [-0.1, -0.05) is 35.0 Å². The topological polar surface area (TPSA) is 70.9 Å². The van der Waals surface area contributed by atoms with Crippen LogP contribution in [0.5, 0.6) is 0 Å². The molecule has 1 heterocycles. The van der Waals surface area contributed by atoms with Crippen molar-refractivity contribution < 1.29 is 14.7 Å². The first-order valence-corrected chi connectivity index (χ1v) is 6.34. The van der Waals surface area contributed by atoms with Gasteiger partial charge in [0.2, 0.25) is 5.60 Å². The zero-order valence-corrected chi connectivity index (χ0v) is 11.3. The van der Waals surface area contributed by atoms with E-state index >= 15 is 0 Å². The maximum atomic E-state index is 11.9. The summed E-state index contributed by atoms with van der Waals surface area (Å²) in [6.07, 6.45) is 0.341. The van der Waals surface area contributed by atoms with Gasteiger partial charge in [0.05, 0.1) is 12.3 Å². The molecule has 19 heavy (non-hydrogen) atoms. The van der Waals surface area contributed by atoms with Crippen molar-refractivity contribution in [2.75, 3.05) is 13.2 Å². The van der Waals surface area contributed by atoms with Gasteiger partial charge in [-0.25, -0.2) is 0 Å². The van der Waals surface area contributed by atoms with E-state index in [1.54, 1.807) is 13.0 Å². The molecule has 0 spiro atoms. The van der Waals surface area contributed by atoms with E-state index in [0.29, 0.717) is 17.2 Å². The zero-order valence-electron chi connectivity index (χ0n) is 10.5. The summed E-state index contributed by atoms with van der Waals surface area (Å²) in [7, 11) is 0. The van der Waals surface area contributed by atoms with Crippen molar-refractivity contribution >= 4 is 23.2 Å². The number of nitrogens with zero attached hydrogens (tertiary/aromatic N) is 1. The highest BCUT2D eigenvalue weighted by Crippen LogP contribution is 2.29. The second kappa shape index (κ2) is 5.59. The van der Waals surface area contributed by atoms with Gasteiger partial charge in [0.1, 0.15) is 0 Å². The molecule has 1 aromatic rings. The molecular formula is C13H15ClN2O3. The molecule has 5 nitrogen and oxygen atoms in total. The number of rotatable bonds is 4. The predicted molar refractivity (Wildman–Crippen MR) is 72.2 cm³/mol. The van der Waals surface area contributed by atoms with Gasteiger partial charge in [-0.15, -0.1) is 0 Å². The lowest BCUT2D eigenvalue weighted by Gasteiger charge is -2.20. The van der Waals surface area contributed by atoms with Crippen LogP contribution < -0.4 is 5.32 Å². The van der Waals surface area contributed by atoms with Crippen LogP contribution >= 0.6 is 11.6 Å². The molecule has 1 amide bonds. The molecule has 0 unspecified atom stereocenters. The lowest BCUT2D eigenvalue weighted by molar-refractivity contribution is -0.141. The van der Waals surface area contributed by atoms with Crippen molar-refractivity contribution in [1.82, 2.24) is 5.32 Å². The maximum Gasteiger partial charge on any atom is 0.267 e. The first kappa shape index (κ1) is 13.8. The van der Waals surface area contributed by atoms with E-state index in [4.69, 9.17) is 21.5 Å². The number of hydrogen-bond donors (Lipinski definition) is 2. The van der Waals surface area contributed by atoms with Crippen LogP contribution in [-0.4, -0.2) is 35.5 Å². The number of halogens is 1. The quantitative estimate of drug-likeness (QED) is 0.875. The molecule has 6 heteroatoms. The molecule has 0 fully saturated rings. The first-order valence-electron chi connectivity index (χ1n) is 5.96. The Kier molecular flexibility index (Phi) is 4.07. The van der Waals surface area contributed by atoms with Gasteiger partial charge in [0.15, 0.2) is 0 Å². The second-order valence-electron chi connectivity index (χ2n) is 4.50. The molecule has 0 bridgehead atoms. The number of aliphatic hydroxyl groups is 1. The van der Waals surface area contributed by atoms with Crippen molar-refractivity contribution in [3.8, 4) is 0 Å². The minimum atomic E-state index is -1.05. The molecule has 1 aliphatic heterocycles. The molecule has 0 saturated heterocycles. The molecule has 2 N–H and O–H groups in total. The van der Waals surface area contributed by atoms with Crippen LogP contribution in [0.15, 0.2) is 29.4 Å². The molecule has 1 atom stereocenters. The Labute approximate surface area is 116 Å². The molecule has 0 saturated carbocycles. The van der Waals surface area contributed by atoms with E-state index in [1.807, 2.05) is 18.2 Å². The summed E-state index contributed by atoms with van der Waals surface area (Å²) in [6, 6.07) is 7.28. The van der Waals surface area contributed by atoms with Gasteiger partial charge < -0.3 is 15.3 Å². The van der Waals surface area contributed by atoms with Crippen LogP contribution in [0.1, 0.15) is 18.9 Å². The summed E-state index contributed by atoms with van der Waals surface area (Å²) < 4.78 is 0. The van der Waals surface area contributed by atoms with Crippen molar-refractivity contribution in [3.05, 3.63) is 34.9 Å². The van der Waals surface area contributed by atoms with E-state index in [9.17, 15) is 4.79 Å². The van der Waals surface area contributed by atoms with Crippen LogP contribution in [0.4, 0.5) is 0 Å². The summed E-state index contributed by atoms with van der Waals surface area (Å²) in [4.78, 5) is 17.2. The second-order valence-corrected chi connectivity index (χ2v) is 4.90. The Morgan fingerprint density at radius 3 is 3.00 bits per heavy atom. The minimum Gasteiger partial charge on any atom is -0.395 e. The van der Waals surface area contributed by atoms with E-state index in [1.165, 1.54) is 0 Å². The Hall–Kier alpha value is -1.59. The van der Waals surface area contributed by atoms with Crippen LogP contribution in [0, 0.1) is 0 Å². The minimum absolute atomic E-state index is 0.111. The van der Waals surface area contributed by atoms with Crippen LogP contribution in [0.25, 0.3) is 0 Å². The third-order valence-electron chi connectivity index (χ3n) is 2.92. The Morgan fingerprint density at radius 2 is 2.32 bits per heavy atom. The van der Waals surface area contributed by atoms with E-state index in [-0.39, 0.29) is 19.1 Å². The summed E-state index contributed by atoms with van der Waals surface area (Å²) in [6.45, 7) is 1.74. The molecular weight excluding hydrogens is 268 g/mol. The number of benzene rings is 1. The average molecular weight is 283 g/mol.